The first-order valence-corrected chi connectivity index (χ1v) is 7.61. The van der Waals surface area contributed by atoms with E-state index in [1.54, 1.807) is 12.2 Å². The highest BCUT2D eigenvalue weighted by molar-refractivity contribution is 7.91. The van der Waals surface area contributed by atoms with Crippen LogP contribution >= 0.6 is 0 Å². The highest BCUT2D eigenvalue weighted by Gasteiger charge is 2.34. The van der Waals surface area contributed by atoms with Crippen LogP contribution in [0.3, 0.4) is 0 Å². The van der Waals surface area contributed by atoms with Crippen molar-refractivity contribution in [1.29, 1.82) is 0 Å². The highest BCUT2D eigenvalue weighted by atomic mass is 32.2. The lowest BCUT2D eigenvalue weighted by Crippen LogP contribution is -2.38. The number of carboxylic acid groups (broad SMARTS) is 1. The van der Waals surface area contributed by atoms with Gasteiger partial charge in [0.05, 0.1) is 23.3 Å². The van der Waals surface area contributed by atoms with Gasteiger partial charge in [-0.15, -0.1) is 0 Å². The van der Waals surface area contributed by atoms with Gasteiger partial charge in [-0.1, -0.05) is 12.2 Å². The first-order chi connectivity index (χ1) is 8.37. The number of hydrogen-bond donors (Lipinski definition) is 2. The van der Waals surface area contributed by atoms with E-state index >= 15 is 0 Å². The summed E-state index contributed by atoms with van der Waals surface area (Å²) in [5.41, 5.74) is 0. The second kappa shape index (κ2) is 4.72. The molecule has 6 nitrogen and oxygen atoms in total. The lowest BCUT2D eigenvalue weighted by atomic mass is 10.1. The van der Waals surface area contributed by atoms with Crippen LogP contribution < -0.4 is 5.32 Å². The number of nitrogens with one attached hydrogen (secondary N) is 1. The van der Waals surface area contributed by atoms with E-state index in [9.17, 15) is 18.0 Å². The fourth-order valence-corrected chi connectivity index (χ4v) is 4.03. The average molecular weight is 273 g/mol. The van der Waals surface area contributed by atoms with Gasteiger partial charge in [-0.05, 0) is 12.8 Å². The summed E-state index contributed by atoms with van der Waals surface area (Å²) in [5, 5.41) is 11.5. The van der Waals surface area contributed by atoms with Crippen LogP contribution in [0, 0.1) is 11.8 Å². The minimum Gasteiger partial charge on any atom is -0.481 e. The summed E-state index contributed by atoms with van der Waals surface area (Å²) in [5.74, 6) is -2.31. The Morgan fingerprint density at radius 3 is 2.50 bits per heavy atom. The molecule has 1 amide bonds. The van der Waals surface area contributed by atoms with Crippen LogP contribution in [0.5, 0.6) is 0 Å². The molecule has 2 rings (SSSR count). The standard InChI is InChI=1S/C11H15NO5S/c13-10(8-3-4-18(16,17)6-8)12-9-2-1-7(5-9)11(14)15/h1-2,7-9H,3-6H2,(H,12,13)(H,14,15). The molecule has 100 valence electrons. The van der Waals surface area contributed by atoms with Crippen LogP contribution in [0.25, 0.3) is 0 Å². The molecule has 0 spiro atoms. The second-order valence-electron chi connectivity index (χ2n) is 4.78. The van der Waals surface area contributed by atoms with Crippen LogP contribution in [0.15, 0.2) is 12.2 Å². The summed E-state index contributed by atoms with van der Waals surface area (Å²) in [6.07, 6.45) is 3.90. The lowest BCUT2D eigenvalue weighted by molar-refractivity contribution is -0.140. The molecule has 18 heavy (non-hydrogen) atoms. The van der Waals surface area contributed by atoms with Crippen molar-refractivity contribution >= 4 is 21.7 Å². The number of carbonyl (C=O) groups excluding carboxylic acids is 1. The van der Waals surface area contributed by atoms with Crippen molar-refractivity contribution in [1.82, 2.24) is 5.32 Å². The van der Waals surface area contributed by atoms with Crippen molar-refractivity contribution in [2.45, 2.75) is 18.9 Å². The third-order valence-corrected chi connectivity index (χ3v) is 5.10. The van der Waals surface area contributed by atoms with Crippen molar-refractivity contribution in [2.75, 3.05) is 11.5 Å². The number of hydrogen-bond acceptors (Lipinski definition) is 4. The Hall–Kier alpha value is -1.37. The van der Waals surface area contributed by atoms with E-state index in [1.807, 2.05) is 0 Å². The van der Waals surface area contributed by atoms with Gasteiger partial charge < -0.3 is 10.4 Å². The van der Waals surface area contributed by atoms with Gasteiger partial charge in [-0.25, -0.2) is 8.42 Å². The normalized spacial score (nSPS) is 33.4. The van der Waals surface area contributed by atoms with Crippen molar-refractivity contribution in [3.63, 3.8) is 0 Å². The van der Waals surface area contributed by atoms with E-state index in [4.69, 9.17) is 5.11 Å². The highest BCUT2D eigenvalue weighted by Crippen LogP contribution is 2.21. The molecule has 1 fully saturated rings. The number of carbonyl (C=O) groups is 2. The average Bonchev–Trinajstić information content (AvgIpc) is 2.84. The Kier molecular flexibility index (Phi) is 3.43. The van der Waals surface area contributed by atoms with E-state index < -0.39 is 27.6 Å². The molecular weight excluding hydrogens is 258 g/mol. The largest absolute Gasteiger partial charge is 0.481 e. The molecule has 2 N–H and O–H groups in total. The quantitative estimate of drug-likeness (QED) is 0.679. The summed E-state index contributed by atoms with van der Waals surface area (Å²) < 4.78 is 22.5. The third-order valence-electron chi connectivity index (χ3n) is 3.33. The van der Waals surface area contributed by atoms with Crippen LogP contribution in [-0.2, 0) is 19.4 Å². The number of aliphatic carboxylic acids is 1. The van der Waals surface area contributed by atoms with Crippen molar-refractivity contribution < 1.29 is 23.1 Å². The van der Waals surface area contributed by atoms with E-state index in [1.165, 1.54) is 0 Å². The van der Waals surface area contributed by atoms with Gasteiger partial charge >= 0.3 is 5.97 Å². The van der Waals surface area contributed by atoms with Gasteiger partial charge in [0.1, 0.15) is 0 Å². The summed E-state index contributed by atoms with van der Waals surface area (Å²) >= 11 is 0. The third kappa shape index (κ3) is 2.90. The predicted octanol–water partition coefficient (Wildman–Crippen LogP) is -0.433. The first kappa shape index (κ1) is 13.1. The van der Waals surface area contributed by atoms with Gasteiger partial charge in [-0.2, -0.15) is 0 Å². The van der Waals surface area contributed by atoms with Crippen molar-refractivity contribution in [3.05, 3.63) is 12.2 Å². The fourth-order valence-electron chi connectivity index (χ4n) is 2.29. The lowest BCUT2D eigenvalue weighted by Gasteiger charge is -2.14. The van der Waals surface area contributed by atoms with Crippen molar-refractivity contribution in [3.8, 4) is 0 Å². The zero-order chi connectivity index (χ0) is 13.3. The maximum atomic E-state index is 11.8. The van der Waals surface area contributed by atoms with Gasteiger partial charge in [0.25, 0.3) is 0 Å². The van der Waals surface area contributed by atoms with Crippen LogP contribution in [0.4, 0.5) is 0 Å². The van der Waals surface area contributed by atoms with Crippen LogP contribution in [0.2, 0.25) is 0 Å². The Bertz CT molecular complexity index is 496. The molecule has 0 aromatic rings. The Morgan fingerprint density at radius 2 is 2.00 bits per heavy atom. The molecule has 0 aromatic heterocycles. The molecular formula is C11H15NO5S. The molecule has 7 heteroatoms. The van der Waals surface area contributed by atoms with E-state index in [0.717, 1.165) is 0 Å². The number of sulfone groups is 1. The molecule has 0 aromatic carbocycles. The van der Waals surface area contributed by atoms with Gasteiger partial charge in [-0.3, -0.25) is 9.59 Å². The number of amides is 1. The van der Waals surface area contributed by atoms with Crippen molar-refractivity contribution in [2.24, 2.45) is 11.8 Å². The SMILES string of the molecule is O=C(O)C1C=CC(NC(=O)C2CCS(=O)(=O)C2)C1. The minimum absolute atomic E-state index is 0.0589. The fraction of sp³-hybridized carbons (Fsp3) is 0.636. The monoisotopic (exact) mass is 273 g/mol. The molecule has 3 unspecified atom stereocenters. The zero-order valence-electron chi connectivity index (χ0n) is 9.70. The molecule has 1 saturated heterocycles. The summed E-state index contributed by atoms with van der Waals surface area (Å²) in [4.78, 5) is 22.5. The van der Waals surface area contributed by atoms with Gasteiger partial charge in [0.2, 0.25) is 5.91 Å². The molecule has 1 aliphatic carbocycles. The minimum atomic E-state index is -3.07. The summed E-state index contributed by atoms with van der Waals surface area (Å²) in [7, 11) is -3.07. The number of carboxylic acids is 1. The number of rotatable bonds is 3. The zero-order valence-corrected chi connectivity index (χ0v) is 10.5. The summed E-state index contributed by atoms with van der Waals surface area (Å²) in [6.45, 7) is 0. The van der Waals surface area contributed by atoms with Gasteiger partial charge in [0.15, 0.2) is 9.84 Å². The van der Waals surface area contributed by atoms with Gasteiger partial charge in [0, 0.05) is 6.04 Å². The van der Waals surface area contributed by atoms with E-state index in [2.05, 4.69) is 5.32 Å². The van der Waals surface area contributed by atoms with E-state index in [0.29, 0.717) is 12.8 Å². The molecule has 1 aliphatic heterocycles. The van der Waals surface area contributed by atoms with Crippen LogP contribution in [-0.4, -0.2) is 42.9 Å². The molecule has 2 aliphatic rings. The molecule has 1 heterocycles. The maximum absolute atomic E-state index is 11.8. The smallest absolute Gasteiger partial charge is 0.310 e. The van der Waals surface area contributed by atoms with Crippen LogP contribution in [0.1, 0.15) is 12.8 Å². The Morgan fingerprint density at radius 1 is 1.28 bits per heavy atom. The molecule has 3 atom stereocenters. The molecule has 0 radical (unpaired) electrons. The topological polar surface area (TPSA) is 101 Å². The Balaban J connectivity index is 1.87. The molecule has 0 bridgehead atoms. The second-order valence-corrected chi connectivity index (χ2v) is 7.01. The summed E-state index contributed by atoms with van der Waals surface area (Å²) in [6, 6.07) is -0.304. The Labute approximate surface area is 105 Å². The first-order valence-electron chi connectivity index (χ1n) is 5.79. The van der Waals surface area contributed by atoms with E-state index in [-0.39, 0.29) is 23.5 Å². The maximum Gasteiger partial charge on any atom is 0.310 e. The molecule has 0 saturated carbocycles. The predicted molar refractivity (Wildman–Crippen MR) is 63.6 cm³/mol.